The van der Waals surface area contributed by atoms with Gasteiger partial charge in [0, 0.05) is 33.5 Å². The fraction of sp³-hybridized carbons (Fsp3) is 0.125. The molecule has 0 saturated heterocycles. The molecule has 2 amide bonds. The summed E-state index contributed by atoms with van der Waals surface area (Å²) in [5.74, 6) is -3.87. The lowest BCUT2D eigenvalue weighted by Gasteiger charge is -2.16. The first kappa shape index (κ1) is 26.7. The zero-order valence-corrected chi connectivity index (χ0v) is 20.5. The molecule has 0 radical (unpaired) electrons. The summed E-state index contributed by atoms with van der Waals surface area (Å²) < 4.78 is 94.1. The molecule has 0 fully saturated rings. The van der Waals surface area contributed by atoms with Crippen LogP contribution in [0.5, 0.6) is 0 Å². The number of aromatic nitrogens is 2. The standard InChI is InChI=1S/C24H12ClF7N4O2S/c25-15-2-1-12(26)6-14(15)18-16-17(21(38)34-18)19(10-7-33-36(8-10)23(28)29)39-22(16)35-20(37)9-3-11(24(30,31)32)5-13(27)4-9/h1-8,18,23H,(H,34,38)(H,35,37). The van der Waals surface area contributed by atoms with Gasteiger partial charge in [-0.05, 0) is 36.4 Å². The molecule has 0 spiro atoms. The predicted octanol–water partition coefficient (Wildman–Crippen LogP) is 7.04. The van der Waals surface area contributed by atoms with Gasteiger partial charge in [-0.15, -0.1) is 11.3 Å². The van der Waals surface area contributed by atoms with Crippen LogP contribution < -0.4 is 10.6 Å². The molecule has 1 aliphatic heterocycles. The van der Waals surface area contributed by atoms with E-state index in [4.69, 9.17) is 11.6 Å². The number of hydrogen-bond acceptors (Lipinski definition) is 4. The van der Waals surface area contributed by atoms with Gasteiger partial charge >= 0.3 is 12.7 Å². The highest BCUT2D eigenvalue weighted by Crippen LogP contribution is 2.49. The Morgan fingerprint density at radius 1 is 1.13 bits per heavy atom. The fourth-order valence-corrected chi connectivity index (χ4v) is 5.54. The van der Waals surface area contributed by atoms with Crippen molar-refractivity contribution in [1.29, 1.82) is 0 Å². The van der Waals surface area contributed by atoms with Crippen molar-refractivity contribution in [3.05, 3.63) is 93.3 Å². The number of anilines is 1. The minimum Gasteiger partial charge on any atom is -0.341 e. The molecule has 4 aromatic rings. The van der Waals surface area contributed by atoms with Crippen LogP contribution in [0.3, 0.4) is 0 Å². The van der Waals surface area contributed by atoms with E-state index in [1.807, 2.05) is 0 Å². The number of rotatable bonds is 5. The molecule has 1 atom stereocenters. The van der Waals surface area contributed by atoms with Gasteiger partial charge < -0.3 is 10.6 Å². The zero-order chi connectivity index (χ0) is 28.2. The number of halogens is 8. The summed E-state index contributed by atoms with van der Waals surface area (Å²) in [6.07, 6.45) is -2.92. The van der Waals surface area contributed by atoms with Gasteiger partial charge in [-0.2, -0.15) is 27.1 Å². The monoisotopic (exact) mass is 588 g/mol. The van der Waals surface area contributed by atoms with E-state index in [2.05, 4.69) is 15.7 Å². The summed E-state index contributed by atoms with van der Waals surface area (Å²) in [5.41, 5.74) is -1.90. The van der Waals surface area contributed by atoms with E-state index in [0.29, 0.717) is 16.8 Å². The first-order valence-corrected chi connectivity index (χ1v) is 12.0. The Morgan fingerprint density at radius 3 is 2.54 bits per heavy atom. The van der Waals surface area contributed by atoms with Crippen LogP contribution in [0.4, 0.5) is 35.7 Å². The summed E-state index contributed by atoms with van der Waals surface area (Å²) in [5, 5.41) is 8.48. The van der Waals surface area contributed by atoms with E-state index in [0.717, 1.165) is 35.9 Å². The first-order valence-electron chi connectivity index (χ1n) is 10.8. The van der Waals surface area contributed by atoms with Gasteiger partial charge in [0.15, 0.2) is 0 Å². The van der Waals surface area contributed by atoms with Crippen molar-refractivity contribution < 1.29 is 40.3 Å². The number of hydrogen-bond donors (Lipinski definition) is 2. The van der Waals surface area contributed by atoms with E-state index in [1.54, 1.807) is 0 Å². The van der Waals surface area contributed by atoms with Gasteiger partial charge in [-0.3, -0.25) is 9.59 Å². The molecular formula is C24H12ClF7N4O2S. The fourth-order valence-electron chi connectivity index (χ4n) is 4.11. The molecule has 2 aromatic heterocycles. The van der Waals surface area contributed by atoms with E-state index in [1.165, 1.54) is 6.07 Å². The summed E-state index contributed by atoms with van der Waals surface area (Å²) >= 11 is 6.98. The summed E-state index contributed by atoms with van der Waals surface area (Å²) in [6.45, 7) is -2.99. The van der Waals surface area contributed by atoms with Crippen LogP contribution in [-0.2, 0) is 6.18 Å². The molecule has 3 heterocycles. The molecule has 0 aliphatic carbocycles. The van der Waals surface area contributed by atoms with Gasteiger partial charge in [0.05, 0.1) is 28.2 Å². The van der Waals surface area contributed by atoms with Crippen molar-refractivity contribution in [2.24, 2.45) is 0 Å². The third-order valence-corrected chi connectivity index (χ3v) is 7.30. The SMILES string of the molecule is O=C(Nc1sc(-c2cnn(C(F)F)c2)c2c1C(c1cc(F)ccc1Cl)NC2=O)c1cc(F)cc(C(F)(F)F)c1. The molecular weight excluding hydrogens is 577 g/mol. The third-order valence-electron chi connectivity index (χ3n) is 5.78. The maximum Gasteiger partial charge on any atom is 0.416 e. The van der Waals surface area contributed by atoms with E-state index in [-0.39, 0.29) is 43.2 Å². The second kappa shape index (κ2) is 9.68. The Morgan fingerprint density at radius 2 is 1.87 bits per heavy atom. The van der Waals surface area contributed by atoms with Gasteiger partial charge in [-0.1, -0.05) is 11.6 Å². The molecule has 1 unspecified atom stereocenters. The average molecular weight is 589 g/mol. The lowest BCUT2D eigenvalue weighted by Crippen LogP contribution is -2.21. The number of fused-ring (bicyclic) bond motifs is 1. The zero-order valence-electron chi connectivity index (χ0n) is 18.9. The van der Waals surface area contributed by atoms with Crippen molar-refractivity contribution in [2.45, 2.75) is 18.8 Å². The molecule has 15 heteroatoms. The molecule has 2 N–H and O–H groups in total. The van der Waals surface area contributed by atoms with Crippen LogP contribution in [0.25, 0.3) is 10.4 Å². The smallest absolute Gasteiger partial charge is 0.341 e. The van der Waals surface area contributed by atoms with Crippen LogP contribution in [0, 0.1) is 11.6 Å². The lowest BCUT2D eigenvalue weighted by molar-refractivity contribution is -0.137. The van der Waals surface area contributed by atoms with Gasteiger partial charge in [0.25, 0.3) is 11.8 Å². The van der Waals surface area contributed by atoms with Crippen molar-refractivity contribution in [3.8, 4) is 10.4 Å². The highest BCUT2D eigenvalue weighted by Gasteiger charge is 2.39. The Balaban J connectivity index is 1.64. The number of alkyl halides is 5. The quantitative estimate of drug-likeness (QED) is 0.246. The van der Waals surface area contributed by atoms with Crippen molar-refractivity contribution in [1.82, 2.24) is 15.1 Å². The summed E-state index contributed by atoms with van der Waals surface area (Å²) in [6, 6.07) is 3.50. The lowest BCUT2D eigenvalue weighted by atomic mass is 9.99. The van der Waals surface area contributed by atoms with Crippen LogP contribution in [0.15, 0.2) is 48.8 Å². The predicted molar refractivity (Wildman–Crippen MR) is 127 cm³/mol. The molecule has 39 heavy (non-hydrogen) atoms. The second-order valence-electron chi connectivity index (χ2n) is 8.29. The highest BCUT2D eigenvalue weighted by molar-refractivity contribution is 7.20. The number of benzene rings is 2. The van der Waals surface area contributed by atoms with Crippen LogP contribution >= 0.6 is 22.9 Å². The molecule has 0 saturated carbocycles. The van der Waals surface area contributed by atoms with Crippen LogP contribution in [-0.4, -0.2) is 21.6 Å². The van der Waals surface area contributed by atoms with Crippen molar-refractivity contribution in [3.63, 3.8) is 0 Å². The van der Waals surface area contributed by atoms with E-state index >= 15 is 0 Å². The Labute approximate surface area is 223 Å². The molecule has 1 aliphatic rings. The molecule has 0 bridgehead atoms. The van der Waals surface area contributed by atoms with Gasteiger partial charge in [-0.25, -0.2) is 13.5 Å². The number of thiophene rings is 1. The first-order chi connectivity index (χ1) is 18.3. The topological polar surface area (TPSA) is 76.0 Å². The number of amides is 2. The average Bonchev–Trinajstić information content (AvgIpc) is 3.56. The maximum atomic E-state index is 14.1. The maximum absolute atomic E-state index is 14.1. The number of carbonyl (C=O) groups is 2. The van der Waals surface area contributed by atoms with Crippen molar-refractivity contribution >= 4 is 39.8 Å². The second-order valence-corrected chi connectivity index (χ2v) is 9.72. The summed E-state index contributed by atoms with van der Waals surface area (Å²) in [7, 11) is 0. The summed E-state index contributed by atoms with van der Waals surface area (Å²) in [4.78, 5) is 26.1. The number of carbonyl (C=O) groups excluding carboxylic acids is 2. The Hall–Kier alpha value is -3.91. The molecule has 2 aromatic carbocycles. The Bertz CT molecular complexity index is 1630. The highest BCUT2D eigenvalue weighted by atomic mass is 35.5. The van der Waals surface area contributed by atoms with E-state index < -0.39 is 53.3 Å². The molecule has 6 nitrogen and oxygen atoms in total. The number of nitrogens with zero attached hydrogens (tertiary/aromatic N) is 2. The van der Waals surface area contributed by atoms with Crippen molar-refractivity contribution in [2.75, 3.05) is 5.32 Å². The Kier molecular flexibility index (Phi) is 6.63. The largest absolute Gasteiger partial charge is 0.416 e. The van der Waals surface area contributed by atoms with Crippen LogP contribution in [0.1, 0.15) is 50.0 Å². The van der Waals surface area contributed by atoms with Crippen LogP contribution in [0.2, 0.25) is 5.02 Å². The normalized spacial score (nSPS) is 15.0. The number of nitrogens with one attached hydrogen (secondary N) is 2. The minimum absolute atomic E-state index is 0.0463. The van der Waals surface area contributed by atoms with E-state index in [9.17, 15) is 40.3 Å². The molecule has 5 rings (SSSR count). The van der Waals surface area contributed by atoms with Gasteiger partial charge in [0.2, 0.25) is 0 Å². The molecule has 202 valence electrons. The third kappa shape index (κ3) is 4.96. The minimum atomic E-state index is -4.94. The van der Waals surface area contributed by atoms with Gasteiger partial charge in [0.1, 0.15) is 16.6 Å².